The smallest absolute Gasteiger partial charge is 0.258 e. The zero-order valence-electron chi connectivity index (χ0n) is 14.2. The summed E-state index contributed by atoms with van der Waals surface area (Å²) >= 11 is 15.0. The number of nitrogens with one attached hydrogen (secondary N) is 2. The largest absolute Gasteiger partial charge is 0.365 e. The van der Waals surface area contributed by atoms with Gasteiger partial charge in [0.2, 0.25) is 0 Å². The molecule has 0 fully saturated rings. The lowest BCUT2D eigenvalue weighted by Crippen LogP contribution is -2.34. The molecule has 2 amide bonds. The van der Waals surface area contributed by atoms with Gasteiger partial charge in [0.15, 0.2) is 5.11 Å². The van der Waals surface area contributed by atoms with Crippen molar-refractivity contribution >= 4 is 79.7 Å². The molecule has 1 heterocycles. The van der Waals surface area contributed by atoms with Crippen molar-refractivity contribution in [1.29, 1.82) is 0 Å². The first-order valence-corrected chi connectivity index (χ1v) is 11.1. The molecule has 0 radical (unpaired) electrons. The highest BCUT2D eigenvalue weighted by molar-refractivity contribution is 14.1. The van der Waals surface area contributed by atoms with E-state index in [0.29, 0.717) is 21.2 Å². The van der Waals surface area contributed by atoms with Crippen molar-refractivity contribution in [2.45, 2.75) is 32.1 Å². The number of amides is 2. The highest BCUT2D eigenvalue weighted by Gasteiger charge is 2.24. The van der Waals surface area contributed by atoms with Gasteiger partial charge in [-0.1, -0.05) is 18.0 Å². The number of carbonyl (C=O) groups excluding carboxylic acids is 2. The van der Waals surface area contributed by atoms with Gasteiger partial charge in [0, 0.05) is 8.45 Å². The van der Waals surface area contributed by atoms with Crippen LogP contribution in [0.2, 0.25) is 5.02 Å². The Hall–Kier alpha value is -1.23. The first-order valence-electron chi connectivity index (χ1n) is 8.38. The molecule has 27 heavy (non-hydrogen) atoms. The van der Waals surface area contributed by atoms with Gasteiger partial charge in [-0.2, -0.15) is 0 Å². The Morgan fingerprint density at radius 1 is 1.22 bits per heavy atom. The number of benzene rings is 1. The Morgan fingerprint density at radius 2 is 1.96 bits per heavy atom. The van der Waals surface area contributed by atoms with E-state index in [4.69, 9.17) is 29.6 Å². The van der Waals surface area contributed by atoms with Crippen LogP contribution in [0.4, 0.5) is 5.00 Å². The van der Waals surface area contributed by atoms with Crippen molar-refractivity contribution < 1.29 is 9.59 Å². The average molecular weight is 534 g/mol. The number of hydrogen-bond donors (Lipinski definition) is 3. The van der Waals surface area contributed by atoms with Crippen molar-refractivity contribution in [3.05, 3.63) is 48.4 Å². The normalized spacial score (nSPS) is 13.4. The monoisotopic (exact) mass is 533 g/mol. The predicted octanol–water partition coefficient (Wildman–Crippen LogP) is 4.50. The summed E-state index contributed by atoms with van der Waals surface area (Å²) in [6.07, 6.45) is 5.04. The Labute approximate surface area is 185 Å². The van der Waals surface area contributed by atoms with Crippen molar-refractivity contribution in [2.75, 3.05) is 5.32 Å². The highest BCUT2D eigenvalue weighted by atomic mass is 127. The van der Waals surface area contributed by atoms with E-state index in [1.54, 1.807) is 12.1 Å². The van der Waals surface area contributed by atoms with E-state index in [1.807, 2.05) is 6.07 Å². The molecule has 0 bridgehead atoms. The highest BCUT2D eigenvalue weighted by Crippen LogP contribution is 2.37. The first-order chi connectivity index (χ1) is 12.9. The molecule has 9 heteroatoms. The molecule has 0 aliphatic heterocycles. The van der Waals surface area contributed by atoms with Gasteiger partial charge in [-0.3, -0.25) is 14.9 Å². The van der Waals surface area contributed by atoms with Crippen LogP contribution in [-0.4, -0.2) is 16.9 Å². The molecule has 0 saturated heterocycles. The maximum atomic E-state index is 12.5. The van der Waals surface area contributed by atoms with Crippen LogP contribution in [0.1, 0.15) is 50.4 Å². The summed E-state index contributed by atoms with van der Waals surface area (Å²) in [6.45, 7) is 0. The third-order valence-electron chi connectivity index (χ3n) is 4.29. The van der Waals surface area contributed by atoms with Crippen molar-refractivity contribution in [3.63, 3.8) is 0 Å². The molecule has 0 unspecified atom stereocenters. The SMILES string of the molecule is NC(=O)c1c(NC(=S)NC(=O)c2cc(I)ccc2Cl)sc2c1CCCCC2. The molecule has 1 aromatic carbocycles. The molecule has 142 valence electrons. The number of primary amides is 1. The van der Waals surface area contributed by atoms with Gasteiger partial charge >= 0.3 is 0 Å². The number of carbonyl (C=O) groups is 2. The fourth-order valence-electron chi connectivity index (χ4n) is 3.07. The molecule has 0 spiro atoms. The molecule has 5 nitrogen and oxygen atoms in total. The standard InChI is InChI=1S/C18H17ClIN3O2S2/c19-12-7-6-9(20)8-11(12)16(25)22-18(26)23-17-14(15(21)24)10-4-2-1-3-5-13(10)27-17/h6-8H,1-5H2,(H2,21,24)(H2,22,23,25,26). The number of hydrogen-bond acceptors (Lipinski definition) is 4. The maximum absolute atomic E-state index is 12.5. The number of rotatable bonds is 3. The number of thiocarbonyl (C=S) groups is 1. The summed E-state index contributed by atoms with van der Waals surface area (Å²) in [4.78, 5) is 25.6. The van der Waals surface area contributed by atoms with Gasteiger partial charge in [-0.05, 0) is 84.3 Å². The van der Waals surface area contributed by atoms with Gasteiger partial charge in [0.25, 0.3) is 11.8 Å². The minimum atomic E-state index is -0.480. The molecule has 0 saturated carbocycles. The Bertz CT molecular complexity index is 930. The van der Waals surface area contributed by atoms with Crippen LogP contribution in [0.25, 0.3) is 0 Å². The molecule has 1 aliphatic rings. The van der Waals surface area contributed by atoms with E-state index >= 15 is 0 Å². The number of anilines is 1. The van der Waals surface area contributed by atoms with Gasteiger partial charge in [0.1, 0.15) is 5.00 Å². The maximum Gasteiger partial charge on any atom is 0.258 e. The minimum absolute atomic E-state index is 0.105. The van der Waals surface area contributed by atoms with Crippen molar-refractivity contribution in [1.82, 2.24) is 5.32 Å². The Balaban J connectivity index is 1.79. The van der Waals surface area contributed by atoms with Crippen LogP contribution in [0.5, 0.6) is 0 Å². The van der Waals surface area contributed by atoms with Gasteiger partial charge < -0.3 is 11.1 Å². The lowest BCUT2D eigenvalue weighted by atomic mass is 10.1. The van der Waals surface area contributed by atoms with Crippen LogP contribution < -0.4 is 16.4 Å². The zero-order chi connectivity index (χ0) is 19.6. The van der Waals surface area contributed by atoms with E-state index in [2.05, 4.69) is 33.2 Å². The fraction of sp³-hybridized carbons (Fsp3) is 0.278. The van der Waals surface area contributed by atoms with Gasteiger partial charge in [0.05, 0.1) is 16.1 Å². The molecular formula is C18H17ClIN3O2S2. The second-order valence-corrected chi connectivity index (χ2v) is 9.33. The first kappa shape index (κ1) is 20.5. The average Bonchev–Trinajstić information content (AvgIpc) is 2.78. The molecule has 4 N–H and O–H groups in total. The third kappa shape index (κ3) is 4.79. The van der Waals surface area contributed by atoms with Crippen molar-refractivity contribution in [2.24, 2.45) is 5.73 Å². The molecule has 3 rings (SSSR count). The summed E-state index contributed by atoms with van der Waals surface area (Å²) in [5.41, 5.74) is 7.46. The summed E-state index contributed by atoms with van der Waals surface area (Å²) in [5, 5.41) is 6.64. The second-order valence-electron chi connectivity index (χ2n) is 6.17. The molecule has 0 atom stereocenters. The van der Waals surface area contributed by atoms with E-state index in [0.717, 1.165) is 41.2 Å². The minimum Gasteiger partial charge on any atom is -0.365 e. The molecule has 1 aromatic heterocycles. The quantitative estimate of drug-likeness (QED) is 0.308. The number of halogens is 2. The van der Waals surface area contributed by atoms with E-state index in [-0.39, 0.29) is 5.11 Å². The zero-order valence-corrected chi connectivity index (χ0v) is 18.8. The van der Waals surface area contributed by atoms with Gasteiger partial charge in [-0.15, -0.1) is 11.3 Å². The van der Waals surface area contributed by atoms with Crippen LogP contribution in [0, 0.1) is 3.57 Å². The molecular weight excluding hydrogens is 517 g/mol. The Kier molecular flexibility index (Phi) is 6.72. The van der Waals surface area contributed by atoms with Crippen LogP contribution in [-0.2, 0) is 12.8 Å². The predicted molar refractivity (Wildman–Crippen MR) is 122 cm³/mol. The third-order valence-corrected chi connectivity index (χ3v) is 6.71. The van der Waals surface area contributed by atoms with E-state index in [1.165, 1.54) is 16.2 Å². The van der Waals surface area contributed by atoms with Gasteiger partial charge in [-0.25, -0.2) is 0 Å². The van der Waals surface area contributed by atoms with Crippen LogP contribution >= 0.6 is 57.7 Å². The second kappa shape index (κ2) is 8.85. The summed E-state index contributed by atoms with van der Waals surface area (Å²) in [6, 6.07) is 5.16. The Morgan fingerprint density at radius 3 is 2.70 bits per heavy atom. The topological polar surface area (TPSA) is 84.2 Å². The summed E-state index contributed by atoms with van der Waals surface area (Å²) in [7, 11) is 0. The number of nitrogens with two attached hydrogens (primary N) is 1. The lowest BCUT2D eigenvalue weighted by molar-refractivity contribution is 0.0975. The van der Waals surface area contributed by atoms with E-state index in [9.17, 15) is 9.59 Å². The lowest BCUT2D eigenvalue weighted by Gasteiger charge is -2.11. The summed E-state index contributed by atoms with van der Waals surface area (Å²) in [5.74, 6) is -0.888. The molecule has 1 aliphatic carbocycles. The number of thiophene rings is 1. The number of fused-ring (bicyclic) bond motifs is 1. The number of aryl methyl sites for hydroxylation is 1. The summed E-state index contributed by atoms with van der Waals surface area (Å²) < 4.78 is 0.888. The fourth-order valence-corrected chi connectivity index (χ4v) is 5.32. The molecule has 2 aromatic rings. The van der Waals surface area contributed by atoms with Crippen LogP contribution in [0.15, 0.2) is 18.2 Å². The van der Waals surface area contributed by atoms with Crippen LogP contribution in [0.3, 0.4) is 0 Å². The van der Waals surface area contributed by atoms with Crippen molar-refractivity contribution in [3.8, 4) is 0 Å². The van der Waals surface area contributed by atoms with E-state index < -0.39 is 11.8 Å².